The summed E-state index contributed by atoms with van der Waals surface area (Å²) in [5.41, 5.74) is 0.664. The lowest BCUT2D eigenvalue weighted by atomic mass is 9.57. The lowest BCUT2D eigenvalue weighted by Gasteiger charge is -2.59. The Hall–Kier alpha value is -0.0800. The Bertz CT molecular complexity index is 308. The molecule has 2 heteroatoms. The molecule has 0 saturated carbocycles. The van der Waals surface area contributed by atoms with Crippen LogP contribution in [0.4, 0.5) is 0 Å². The number of rotatable bonds is 12. The van der Waals surface area contributed by atoms with Gasteiger partial charge >= 0.3 is 0 Å². The molecule has 2 aliphatic heterocycles. The van der Waals surface area contributed by atoms with E-state index in [1.165, 1.54) is 103 Å². The standard InChI is InChI=1S/C23H46N2/c1-5-9-13-23(14-10-6-2)21-17-24(15-11-7-3)18-22(23)20-25(19-21)16-12-8-4/h21-22H,5-20H2,1-4H3. The van der Waals surface area contributed by atoms with Crippen molar-refractivity contribution in [2.45, 2.75) is 91.9 Å². The van der Waals surface area contributed by atoms with Gasteiger partial charge in [-0.2, -0.15) is 0 Å². The Labute approximate surface area is 158 Å². The fourth-order valence-corrected chi connectivity index (χ4v) is 5.65. The van der Waals surface area contributed by atoms with Gasteiger partial charge in [0.1, 0.15) is 0 Å². The van der Waals surface area contributed by atoms with Gasteiger partial charge in [0, 0.05) is 26.2 Å². The molecule has 148 valence electrons. The molecule has 0 atom stereocenters. The number of piperidine rings is 2. The van der Waals surface area contributed by atoms with E-state index < -0.39 is 0 Å². The van der Waals surface area contributed by atoms with Crippen LogP contribution in [0.5, 0.6) is 0 Å². The van der Waals surface area contributed by atoms with Crippen molar-refractivity contribution in [3.05, 3.63) is 0 Å². The molecule has 0 amide bonds. The zero-order chi connectivity index (χ0) is 18.1. The predicted octanol–water partition coefficient (Wildman–Crippen LogP) is 5.82. The Morgan fingerprint density at radius 3 is 1.28 bits per heavy atom. The highest BCUT2D eigenvalue weighted by molar-refractivity contribution is 5.03. The Balaban J connectivity index is 2.13. The van der Waals surface area contributed by atoms with Crippen LogP contribution in [0, 0.1) is 17.3 Å². The fraction of sp³-hybridized carbons (Fsp3) is 1.00. The van der Waals surface area contributed by atoms with E-state index >= 15 is 0 Å². The van der Waals surface area contributed by atoms with Crippen molar-refractivity contribution in [1.29, 1.82) is 0 Å². The minimum atomic E-state index is 0.664. The molecule has 0 aromatic heterocycles. The van der Waals surface area contributed by atoms with Gasteiger partial charge in [-0.3, -0.25) is 0 Å². The molecule has 0 radical (unpaired) electrons. The third kappa shape index (κ3) is 5.45. The van der Waals surface area contributed by atoms with Crippen molar-refractivity contribution in [2.24, 2.45) is 17.3 Å². The summed E-state index contributed by atoms with van der Waals surface area (Å²) in [5, 5.41) is 0. The van der Waals surface area contributed by atoms with E-state index in [2.05, 4.69) is 37.5 Å². The summed E-state index contributed by atoms with van der Waals surface area (Å²) < 4.78 is 0. The van der Waals surface area contributed by atoms with E-state index in [9.17, 15) is 0 Å². The summed E-state index contributed by atoms with van der Waals surface area (Å²) >= 11 is 0. The second-order valence-corrected chi connectivity index (χ2v) is 9.06. The van der Waals surface area contributed by atoms with Gasteiger partial charge in [-0.15, -0.1) is 0 Å². The first-order valence-corrected chi connectivity index (χ1v) is 11.6. The van der Waals surface area contributed by atoms with E-state index in [1.54, 1.807) is 0 Å². The van der Waals surface area contributed by atoms with E-state index in [0.717, 1.165) is 11.8 Å². The molecular weight excluding hydrogens is 304 g/mol. The van der Waals surface area contributed by atoms with E-state index in [0.29, 0.717) is 5.41 Å². The van der Waals surface area contributed by atoms with Gasteiger partial charge in [0.2, 0.25) is 0 Å². The molecule has 0 aliphatic carbocycles. The van der Waals surface area contributed by atoms with Crippen molar-refractivity contribution in [3.8, 4) is 0 Å². The van der Waals surface area contributed by atoms with E-state index in [4.69, 9.17) is 0 Å². The summed E-state index contributed by atoms with van der Waals surface area (Å²) in [6.45, 7) is 17.7. The number of hydrogen-bond donors (Lipinski definition) is 0. The summed E-state index contributed by atoms with van der Waals surface area (Å²) in [6, 6.07) is 0. The zero-order valence-corrected chi connectivity index (χ0v) is 17.9. The van der Waals surface area contributed by atoms with Crippen molar-refractivity contribution in [2.75, 3.05) is 39.3 Å². The number of unbranched alkanes of at least 4 members (excludes halogenated alkanes) is 4. The van der Waals surface area contributed by atoms with Gasteiger partial charge < -0.3 is 9.80 Å². The van der Waals surface area contributed by atoms with Crippen LogP contribution in [0.2, 0.25) is 0 Å². The molecule has 0 spiro atoms. The normalized spacial score (nSPS) is 26.9. The summed E-state index contributed by atoms with van der Waals surface area (Å²) in [4.78, 5) is 5.68. The maximum atomic E-state index is 2.84. The molecular formula is C23H46N2. The monoisotopic (exact) mass is 350 g/mol. The average Bonchev–Trinajstić information content (AvgIpc) is 2.61. The molecule has 0 aromatic rings. The van der Waals surface area contributed by atoms with E-state index in [1.807, 2.05) is 0 Å². The highest BCUT2D eigenvalue weighted by atomic mass is 15.2. The first kappa shape index (κ1) is 21.2. The third-order valence-electron chi connectivity index (χ3n) is 7.19. The fourth-order valence-electron chi connectivity index (χ4n) is 5.65. The quantitative estimate of drug-likeness (QED) is 0.438. The predicted molar refractivity (Wildman–Crippen MR) is 111 cm³/mol. The van der Waals surface area contributed by atoms with Crippen LogP contribution >= 0.6 is 0 Å². The van der Waals surface area contributed by atoms with Gasteiger partial charge in [-0.05, 0) is 56.0 Å². The minimum absolute atomic E-state index is 0.664. The summed E-state index contributed by atoms with van der Waals surface area (Å²) in [7, 11) is 0. The Morgan fingerprint density at radius 2 is 0.960 bits per heavy atom. The second kappa shape index (κ2) is 10.9. The lowest BCUT2D eigenvalue weighted by molar-refractivity contribution is -0.103. The SMILES string of the molecule is CCCCN1CC2CN(CCCC)CC(C1)C2(CCCC)CCCC. The van der Waals surface area contributed by atoms with Crippen molar-refractivity contribution < 1.29 is 0 Å². The molecule has 2 fully saturated rings. The van der Waals surface area contributed by atoms with Crippen LogP contribution in [-0.2, 0) is 0 Å². The highest BCUT2D eigenvalue weighted by Gasteiger charge is 2.51. The van der Waals surface area contributed by atoms with Gasteiger partial charge in [0.25, 0.3) is 0 Å². The number of likely N-dealkylation sites (tertiary alicyclic amines) is 2. The molecule has 25 heavy (non-hydrogen) atoms. The molecule has 0 unspecified atom stereocenters. The second-order valence-electron chi connectivity index (χ2n) is 9.06. The van der Waals surface area contributed by atoms with Gasteiger partial charge in [0.15, 0.2) is 0 Å². The van der Waals surface area contributed by atoms with Crippen molar-refractivity contribution in [1.82, 2.24) is 9.80 Å². The van der Waals surface area contributed by atoms with Crippen molar-refractivity contribution in [3.63, 3.8) is 0 Å². The molecule has 0 N–H and O–H groups in total. The number of fused-ring (bicyclic) bond motifs is 2. The molecule has 2 nitrogen and oxygen atoms in total. The topological polar surface area (TPSA) is 6.48 Å². The minimum Gasteiger partial charge on any atom is -0.303 e. The number of nitrogens with zero attached hydrogens (tertiary/aromatic N) is 2. The first-order chi connectivity index (χ1) is 12.2. The van der Waals surface area contributed by atoms with Crippen LogP contribution in [0.25, 0.3) is 0 Å². The molecule has 2 aliphatic rings. The zero-order valence-electron chi connectivity index (χ0n) is 17.9. The Kier molecular flexibility index (Phi) is 9.27. The maximum absolute atomic E-state index is 2.84. The van der Waals surface area contributed by atoms with Crippen LogP contribution < -0.4 is 0 Å². The summed E-state index contributed by atoms with van der Waals surface area (Å²) in [5.74, 6) is 1.85. The summed E-state index contributed by atoms with van der Waals surface area (Å²) in [6.07, 6.45) is 14.1. The lowest BCUT2D eigenvalue weighted by Crippen LogP contribution is -2.63. The molecule has 2 saturated heterocycles. The van der Waals surface area contributed by atoms with E-state index in [-0.39, 0.29) is 0 Å². The van der Waals surface area contributed by atoms with Crippen LogP contribution in [0.1, 0.15) is 91.9 Å². The Morgan fingerprint density at radius 1 is 0.600 bits per heavy atom. The largest absolute Gasteiger partial charge is 0.303 e. The first-order valence-electron chi connectivity index (χ1n) is 11.6. The van der Waals surface area contributed by atoms with Crippen LogP contribution in [0.3, 0.4) is 0 Å². The van der Waals surface area contributed by atoms with Gasteiger partial charge in [0.05, 0.1) is 0 Å². The molecule has 0 aromatic carbocycles. The van der Waals surface area contributed by atoms with Crippen LogP contribution in [0.15, 0.2) is 0 Å². The highest BCUT2D eigenvalue weighted by Crippen LogP contribution is 2.51. The smallest absolute Gasteiger partial charge is 0.00275 e. The molecule has 2 bridgehead atoms. The third-order valence-corrected chi connectivity index (χ3v) is 7.19. The van der Waals surface area contributed by atoms with Crippen molar-refractivity contribution >= 4 is 0 Å². The van der Waals surface area contributed by atoms with Gasteiger partial charge in [-0.1, -0.05) is 66.2 Å². The maximum Gasteiger partial charge on any atom is 0.00275 e. The van der Waals surface area contributed by atoms with Gasteiger partial charge in [-0.25, -0.2) is 0 Å². The molecule has 2 heterocycles. The van der Waals surface area contributed by atoms with Crippen LogP contribution in [-0.4, -0.2) is 49.1 Å². The average molecular weight is 351 g/mol. The number of hydrogen-bond acceptors (Lipinski definition) is 2. The molecule has 2 rings (SSSR count).